The van der Waals surface area contributed by atoms with Crippen molar-refractivity contribution in [1.29, 1.82) is 0 Å². The van der Waals surface area contributed by atoms with Crippen LogP contribution in [0.25, 0.3) is 0 Å². The molecule has 0 bridgehead atoms. The maximum atomic E-state index is 11.8. The van der Waals surface area contributed by atoms with Gasteiger partial charge in [-0.25, -0.2) is 0 Å². The van der Waals surface area contributed by atoms with E-state index in [2.05, 4.69) is 12.2 Å². The molecule has 1 aliphatic rings. The number of carbonyl (C=O) groups is 1. The molecule has 1 saturated carbocycles. The third kappa shape index (κ3) is 2.82. The van der Waals surface area contributed by atoms with Gasteiger partial charge in [-0.1, -0.05) is 6.92 Å². The van der Waals surface area contributed by atoms with Crippen molar-refractivity contribution in [2.45, 2.75) is 26.8 Å². The predicted molar refractivity (Wildman–Crippen MR) is 71.4 cm³/mol. The number of rotatable bonds is 5. The Bertz CT molecular complexity index is 445. The molecule has 98 valence electrons. The van der Waals surface area contributed by atoms with Gasteiger partial charge in [-0.3, -0.25) is 4.79 Å². The van der Waals surface area contributed by atoms with Gasteiger partial charge in [-0.15, -0.1) is 0 Å². The van der Waals surface area contributed by atoms with Gasteiger partial charge in [0, 0.05) is 23.7 Å². The fourth-order valence-electron chi connectivity index (χ4n) is 2.04. The van der Waals surface area contributed by atoms with Crippen molar-refractivity contribution < 1.29 is 9.53 Å². The van der Waals surface area contributed by atoms with Crippen LogP contribution < -0.4 is 15.8 Å². The molecule has 3 N–H and O–H groups in total. The largest absolute Gasteiger partial charge is 0.494 e. The number of amides is 1. The summed E-state index contributed by atoms with van der Waals surface area (Å²) in [7, 11) is 0. The normalized spacial score (nSPS) is 21.5. The lowest BCUT2D eigenvalue weighted by atomic mass is 10.1. The first kappa shape index (κ1) is 12.9. The second-order valence-electron chi connectivity index (χ2n) is 4.77. The smallest absolute Gasteiger partial charge is 0.227 e. The van der Waals surface area contributed by atoms with E-state index >= 15 is 0 Å². The van der Waals surface area contributed by atoms with Gasteiger partial charge in [0.15, 0.2) is 0 Å². The van der Waals surface area contributed by atoms with E-state index < -0.39 is 0 Å². The van der Waals surface area contributed by atoms with Gasteiger partial charge in [0.2, 0.25) is 5.91 Å². The lowest BCUT2D eigenvalue weighted by Gasteiger charge is -2.11. The fraction of sp³-hybridized carbons (Fsp3) is 0.500. The molecule has 0 heterocycles. The molecular formula is C14H20N2O2. The van der Waals surface area contributed by atoms with Crippen LogP contribution in [0.1, 0.15) is 25.8 Å². The molecule has 0 radical (unpaired) electrons. The minimum Gasteiger partial charge on any atom is -0.494 e. The lowest BCUT2D eigenvalue weighted by molar-refractivity contribution is -0.117. The van der Waals surface area contributed by atoms with Crippen molar-refractivity contribution in [1.82, 2.24) is 0 Å². The summed E-state index contributed by atoms with van der Waals surface area (Å²) in [4.78, 5) is 11.8. The van der Waals surface area contributed by atoms with Crippen LogP contribution in [0.3, 0.4) is 0 Å². The summed E-state index contributed by atoms with van der Waals surface area (Å²) in [5, 5.41) is 2.93. The van der Waals surface area contributed by atoms with Crippen molar-refractivity contribution in [2.75, 3.05) is 11.9 Å². The van der Waals surface area contributed by atoms with Crippen LogP contribution in [0.5, 0.6) is 5.75 Å². The highest BCUT2D eigenvalue weighted by molar-refractivity contribution is 5.94. The minimum atomic E-state index is 0.106. The predicted octanol–water partition coefficient (Wildman–Crippen LogP) is 2.14. The highest BCUT2D eigenvalue weighted by atomic mass is 16.5. The van der Waals surface area contributed by atoms with Crippen LogP contribution in [0.15, 0.2) is 18.2 Å². The van der Waals surface area contributed by atoms with Crippen LogP contribution in [-0.2, 0) is 11.3 Å². The molecule has 0 aromatic heterocycles. The van der Waals surface area contributed by atoms with E-state index in [-0.39, 0.29) is 11.8 Å². The summed E-state index contributed by atoms with van der Waals surface area (Å²) in [5.74, 6) is 1.59. The van der Waals surface area contributed by atoms with E-state index in [1.54, 1.807) is 0 Å². The summed E-state index contributed by atoms with van der Waals surface area (Å²) < 4.78 is 5.47. The van der Waals surface area contributed by atoms with Gasteiger partial charge < -0.3 is 15.8 Å². The third-order valence-electron chi connectivity index (χ3n) is 3.29. The van der Waals surface area contributed by atoms with Gasteiger partial charge in [-0.05, 0) is 37.5 Å². The lowest BCUT2D eigenvalue weighted by Crippen LogP contribution is -2.15. The summed E-state index contributed by atoms with van der Waals surface area (Å²) in [5.41, 5.74) is 7.39. The van der Waals surface area contributed by atoms with Crippen molar-refractivity contribution >= 4 is 11.6 Å². The molecule has 1 aliphatic carbocycles. The topological polar surface area (TPSA) is 64.3 Å². The maximum absolute atomic E-state index is 11.8. The molecule has 4 heteroatoms. The average Bonchev–Trinajstić information content (AvgIpc) is 3.09. The molecule has 2 atom stereocenters. The third-order valence-corrected chi connectivity index (χ3v) is 3.29. The Morgan fingerprint density at radius 3 is 2.83 bits per heavy atom. The second kappa shape index (κ2) is 5.40. The van der Waals surface area contributed by atoms with Crippen molar-refractivity contribution in [3.05, 3.63) is 23.8 Å². The Morgan fingerprint density at radius 1 is 1.56 bits per heavy atom. The molecule has 0 spiro atoms. The number of nitrogens with two attached hydrogens (primary N) is 1. The van der Waals surface area contributed by atoms with Gasteiger partial charge in [-0.2, -0.15) is 0 Å². The number of hydrogen-bond acceptors (Lipinski definition) is 3. The Morgan fingerprint density at radius 2 is 2.28 bits per heavy atom. The van der Waals surface area contributed by atoms with Crippen LogP contribution >= 0.6 is 0 Å². The molecule has 1 amide bonds. The van der Waals surface area contributed by atoms with E-state index in [9.17, 15) is 4.79 Å². The first-order chi connectivity index (χ1) is 8.65. The molecule has 1 fully saturated rings. The van der Waals surface area contributed by atoms with E-state index in [1.807, 2.05) is 25.1 Å². The monoisotopic (exact) mass is 248 g/mol. The maximum Gasteiger partial charge on any atom is 0.227 e. The van der Waals surface area contributed by atoms with Crippen LogP contribution in [0, 0.1) is 11.8 Å². The van der Waals surface area contributed by atoms with E-state index in [0.29, 0.717) is 19.1 Å². The molecule has 2 rings (SSSR count). The molecule has 18 heavy (non-hydrogen) atoms. The van der Waals surface area contributed by atoms with Gasteiger partial charge >= 0.3 is 0 Å². The minimum absolute atomic E-state index is 0.106. The molecule has 1 aromatic carbocycles. The molecule has 0 saturated heterocycles. The second-order valence-corrected chi connectivity index (χ2v) is 4.77. The molecular weight excluding hydrogens is 228 g/mol. The quantitative estimate of drug-likeness (QED) is 0.839. The number of ether oxygens (including phenoxy) is 1. The zero-order valence-electron chi connectivity index (χ0n) is 10.9. The standard InChI is InChI=1S/C14H20N2O2/c1-3-18-13-5-4-11(7-10(13)8-15)16-14(17)12-6-9(12)2/h4-5,7,9,12H,3,6,8,15H2,1-2H3,(H,16,17). The van der Waals surface area contributed by atoms with Crippen LogP contribution in [0.2, 0.25) is 0 Å². The van der Waals surface area contributed by atoms with E-state index in [1.165, 1.54) is 0 Å². The van der Waals surface area contributed by atoms with E-state index in [4.69, 9.17) is 10.5 Å². The first-order valence-electron chi connectivity index (χ1n) is 6.42. The SMILES string of the molecule is CCOc1ccc(NC(=O)C2CC2C)cc1CN. The van der Waals surface area contributed by atoms with Gasteiger partial charge in [0.1, 0.15) is 5.75 Å². The average molecular weight is 248 g/mol. The summed E-state index contributed by atoms with van der Waals surface area (Å²) in [6.45, 7) is 5.04. The summed E-state index contributed by atoms with van der Waals surface area (Å²) >= 11 is 0. The number of hydrogen-bond donors (Lipinski definition) is 2. The Balaban J connectivity index is 2.07. The van der Waals surface area contributed by atoms with E-state index in [0.717, 1.165) is 23.4 Å². The first-order valence-corrected chi connectivity index (χ1v) is 6.42. The van der Waals surface area contributed by atoms with Crippen molar-refractivity contribution in [3.63, 3.8) is 0 Å². The Labute approximate surface area is 108 Å². The number of nitrogens with one attached hydrogen (secondary N) is 1. The Kier molecular flexibility index (Phi) is 3.87. The number of carbonyl (C=O) groups excluding carboxylic acids is 1. The van der Waals surface area contributed by atoms with Crippen molar-refractivity contribution in [3.8, 4) is 5.75 Å². The molecule has 1 aromatic rings. The number of anilines is 1. The summed E-state index contributed by atoms with van der Waals surface area (Å²) in [6, 6.07) is 5.60. The molecule has 2 unspecified atom stereocenters. The molecule has 4 nitrogen and oxygen atoms in total. The molecule has 0 aliphatic heterocycles. The highest BCUT2D eigenvalue weighted by Crippen LogP contribution is 2.38. The fourth-order valence-corrected chi connectivity index (χ4v) is 2.04. The van der Waals surface area contributed by atoms with Crippen LogP contribution in [-0.4, -0.2) is 12.5 Å². The van der Waals surface area contributed by atoms with Crippen molar-refractivity contribution in [2.24, 2.45) is 17.6 Å². The van der Waals surface area contributed by atoms with Gasteiger partial charge in [0.05, 0.1) is 6.61 Å². The summed E-state index contributed by atoms with van der Waals surface area (Å²) in [6.07, 6.45) is 0.993. The Hall–Kier alpha value is -1.55. The highest BCUT2D eigenvalue weighted by Gasteiger charge is 2.39. The zero-order chi connectivity index (χ0) is 13.1. The number of benzene rings is 1. The van der Waals surface area contributed by atoms with Gasteiger partial charge in [0.25, 0.3) is 0 Å². The zero-order valence-corrected chi connectivity index (χ0v) is 10.9. The van der Waals surface area contributed by atoms with Crippen LogP contribution in [0.4, 0.5) is 5.69 Å².